The zero-order chi connectivity index (χ0) is 38.8. The van der Waals surface area contributed by atoms with E-state index in [2.05, 4.69) is 103 Å². The molecule has 9 heteroatoms. The topological polar surface area (TPSA) is 73.8 Å². The van der Waals surface area contributed by atoms with Gasteiger partial charge in [0.05, 0.1) is 58.0 Å². The Morgan fingerprint density at radius 2 is 1.33 bits per heavy atom. The van der Waals surface area contributed by atoms with Gasteiger partial charge in [0.1, 0.15) is 23.9 Å². The maximum Gasteiger partial charge on any atom is 0.200 e. The van der Waals surface area contributed by atoms with Gasteiger partial charge in [0.25, 0.3) is 0 Å². The van der Waals surface area contributed by atoms with Gasteiger partial charge in [-0.2, -0.15) is 0 Å². The van der Waals surface area contributed by atoms with Gasteiger partial charge in [-0.3, -0.25) is 0 Å². The van der Waals surface area contributed by atoms with Crippen molar-refractivity contribution < 1.29 is 37.6 Å². The highest BCUT2D eigenvalue weighted by Gasteiger charge is 2.57. The molecule has 3 aliphatic heterocycles. The maximum atomic E-state index is 7.79. The fourth-order valence-corrected chi connectivity index (χ4v) is 14.6. The molecule has 2 fully saturated rings. The zero-order valence-electron chi connectivity index (χ0n) is 34.0. The van der Waals surface area contributed by atoms with E-state index in [0.29, 0.717) is 69.1 Å². The van der Waals surface area contributed by atoms with Crippen LogP contribution in [0.1, 0.15) is 78.0 Å². The minimum Gasteiger partial charge on any atom is -0.410 e. The monoisotopic (exact) mass is 772 g/mol. The predicted molar refractivity (Wildman–Crippen MR) is 218 cm³/mol. The number of rotatable bonds is 18. The first-order chi connectivity index (χ1) is 26.6. The first-order valence-electron chi connectivity index (χ1n) is 20.4. The Morgan fingerprint density at radius 3 is 1.93 bits per heavy atom. The average molecular weight is 773 g/mol. The largest absolute Gasteiger partial charge is 0.410 e. The summed E-state index contributed by atoms with van der Waals surface area (Å²) in [7, 11) is -2.43. The molecule has 3 aromatic carbocycles. The molecule has 3 heterocycles. The van der Waals surface area contributed by atoms with E-state index in [1.54, 1.807) is 0 Å². The van der Waals surface area contributed by atoms with Gasteiger partial charge in [0.15, 0.2) is 6.29 Å². The van der Waals surface area contributed by atoms with Crippen LogP contribution in [0.3, 0.4) is 0 Å². The predicted octanol–water partition coefficient (Wildman–Crippen LogP) is 9.57. The van der Waals surface area contributed by atoms with Gasteiger partial charge in [0, 0.05) is 12.8 Å². The van der Waals surface area contributed by atoms with Gasteiger partial charge >= 0.3 is 0 Å². The Bertz CT molecular complexity index is 1570. The van der Waals surface area contributed by atoms with E-state index in [0.717, 1.165) is 16.7 Å². The molecule has 2 saturated heterocycles. The molecule has 3 aromatic rings. The van der Waals surface area contributed by atoms with Crippen molar-refractivity contribution in [1.82, 2.24) is 0 Å². The van der Waals surface area contributed by atoms with Crippen molar-refractivity contribution in [2.45, 2.75) is 146 Å². The summed E-state index contributed by atoms with van der Waals surface area (Å²) < 4.78 is 54.5. The van der Waals surface area contributed by atoms with Crippen LogP contribution in [0, 0.1) is 0 Å². The van der Waals surface area contributed by atoms with Crippen molar-refractivity contribution in [1.29, 1.82) is 0 Å². The van der Waals surface area contributed by atoms with E-state index < -0.39 is 26.3 Å². The molecule has 0 amide bonds. The summed E-state index contributed by atoms with van der Waals surface area (Å²) in [5, 5.41) is 0. The van der Waals surface area contributed by atoms with Crippen LogP contribution < -0.4 is 0 Å². The van der Waals surface area contributed by atoms with Crippen LogP contribution in [-0.2, 0) is 57.4 Å². The quantitative estimate of drug-likeness (QED) is 0.0936. The summed E-state index contributed by atoms with van der Waals surface area (Å²) in [6.07, 6.45) is 2.91. The van der Waals surface area contributed by atoms with Crippen LogP contribution >= 0.6 is 0 Å². The minimum atomic E-state index is -2.43. The zero-order valence-corrected chi connectivity index (χ0v) is 35.0. The Labute approximate surface area is 330 Å². The molecule has 6 rings (SSSR count). The van der Waals surface area contributed by atoms with E-state index in [4.69, 9.17) is 37.6 Å². The highest BCUT2D eigenvalue weighted by Crippen LogP contribution is 2.48. The SMILES string of the molecule is CC(C)[Si](O[C@@H]1C[C@H](OCc2ccccc2)[C@@H](COCc2ccccc2)O[C@@]1(C)[C@@H](C[C@@H]1OC[C@H]2OCC=C[C@@H]2O1)OCc1ccccc1)(C(C)C)C(C)C. The summed E-state index contributed by atoms with van der Waals surface area (Å²) >= 11 is 0. The molecule has 8 nitrogen and oxygen atoms in total. The molecule has 0 bridgehead atoms. The number of hydrogen-bond acceptors (Lipinski definition) is 8. The summed E-state index contributed by atoms with van der Waals surface area (Å²) in [4.78, 5) is 0. The molecule has 55 heavy (non-hydrogen) atoms. The van der Waals surface area contributed by atoms with Crippen LogP contribution in [0.2, 0.25) is 16.6 Å². The molecular formula is C46H64O8Si. The van der Waals surface area contributed by atoms with Crippen LogP contribution in [0.5, 0.6) is 0 Å². The van der Waals surface area contributed by atoms with Crippen LogP contribution in [-0.4, -0.2) is 76.7 Å². The van der Waals surface area contributed by atoms with E-state index in [9.17, 15) is 0 Å². The lowest BCUT2D eigenvalue weighted by atomic mass is 9.82. The number of ether oxygens (including phenoxy) is 7. The molecule has 0 radical (unpaired) electrons. The molecule has 0 saturated carbocycles. The Balaban J connectivity index is 1.36. The van der Waals surface area contributed by atoms with Gasteiger partial charge in [0.2, 0.25) is 8.32 Å². The molecule has 0 unspecified atom stereocenters. The smallest absolute Gasteiger partial charge is 0.200 e. The number of hydrogen-bond donors (Lipinski definition) is 0. The normalized spacial score (nSPS) is 27.7. The molecular weight excluding hydrogens is 709 g/mol. The van der Waals surface area contributed by atoms with E-state index in [1.807, 2.05) is 48.5 Å². The Hall–Kier alpha value is -2.70. The second-order valence-electron chi connectivity index (χ2n) is 16.5. The molecule has 8 atom stereocenters. The molecule has 0 aromatic heterocycles. The molecule has 0 aliphatic carbocycles. The van der Waals surface area contributed by atoms with Crippen molar-refractivity contribution in [2.24, 2.45) is 0 Å². The molecule has 0 N–H and O–H groups in total. The van der Waals surface area contributed by atoms with E-state index >= 15 is 0 Å². The highest BCUT2D eigenvalue weighted by atomic mass is 28.4. The standard InChI is InChI=1S/C46H64O8Si/c1-33(2)55(34(3)4,35(5)6)54-44-26-40(49-29-37-20-13-9-14-21-37)42(31-47-28-36-18-11-8-12-19-36)53-46(44,7)43(50-30-38-22-15-10-16-23-38)27-45-51-32-41-39(52-45)24-17-25-48-41/h8-24,33-35,39-45H,25-32H2,1-7H3/t39-,40-,41+,42+,43+,44+,45+,46-/m0/s1. The fraction of sp³-hybridized carbons (Fsp3) is 0.565. The van der Waals surface area contributed by atoms with Gasteiger partial charge in [-0.05, 0) is 40.2 Å². The van der Waals surface area contributed by atoms with Crippen LogP contribution in [0.4, 0.5) is 0 Å². The van der Waals surface area contributed by atoms with Crippen LogP contribution in [0.15, 0.2) is 103 Å². The third kappa shape index (κ3) is 10.4. The second-order valence-corrected chi connectivity index (χ2v) is 21.9. The lowest BCUT2D eigenvalue weighted by Crippen LogP contribution is -2.66. The van der Waals surface area contributed by atoms with Crippen molar-refractivity contribution in [3.05, 3.63) is 120 Å². The number of fused-ring (bicyclic) bond motifs is 1. The third-order valence-electron chi connectivity index (χ3n) is 11.9. The van der Waals surface area contributed by atoms with Gasteiger partial charge in [-0.15, -0.1) is 0 Å². The summed E-state index contributed by atoms with van der Waals surface area (Å²) in [6, 6.07) is 30.9. The first-order valence-corrected chi connectivity index (χ1v) is 22.6. The van der Waals surface area contributed by atoms with Crippen molar-refractivity contribution >= 4 is 8.32 Å². The Morgan fingerprint density at radius 1 is 0.745 bits per heavy atom. The summed E-state index contributed by atoms with van der Waals surface area (Å²) in [6.45, 7) is 18.9. The lowest BCUT2D eigenvalue weighted by Gasteiger charge is -2.55. The third-order valence-corrected chi connectivity index (χ3v) is 18.0. The van der Waals surface area contributed by atoms with Gasteiger partial charge in [-0.1, -0.05) is 145 Å². The summed E-state index contributed by atoms with van der Waals surface area (Å²) in [5.41, 5.74) is 3.51. The highest BCUT2D eigenvalue weighted by molar-refractivity contribution is 6.77. The fourth-order valence-electron chi connectivity index (χ4n) is 8.96. The average Bonchev–Trinajstić information content (AvgIpc) is 3.19. The van der Waals surface area contributed by atoms with Gasteiger partial charge < -0.3 is 37.6 Å². The van der Waals surface area contributed by atoms with E-state index in [1.165, 1.54) is 0 Å². The number of benzene rings is 3. The second kappa shape index (κ2) is 19.6. The van der Waals surface area contributed by atoms with Crippen LogP contribution in [0.25, 0.3) is 0 Å². The lowest BCUT2D eigenvalue weighted by molar-refractivity contribution is -0.298. The Kier molecular flexibility index (Phi) is 15.0. The first kappa shape index (κ1) is 41.9. The molecule has 300 valence electrons. The summed E-state index contributed by atoms with van der Waals surface area (Å²) in [5.74, 6) is 0. The van der Waals surface area contributed by atoms with Gasteiger partial charge in [-0.25, -0.2) is 0 Å². The van der Waals surface area contributed by atoms with Crippen molar-refractivity contribution in [2.75, 3.05) is 19.8 Å². The molecule has 0 spiro atoms. The molecule has 3 aliphatic rings. The van der Waals surface area contributed by atoms with Crippen molar-refractivity contribution in [3.8, 4) is 0 Å². The maximum absolute atomic E-state index is 7.79. The minimum absolute atomic E-state index is 0.119. The van der Waals surface area contributed by atoms with Crippen molar-refractivity contribution in [3.63, 3.8) is 0 Å². The van der Waals surface area contributed by atoms with E-state index in [-0.39, 0.29) is 30.5 Å².